The van der Waals surface area contributed by atoms with Crippen molar-refractivity contribution in [3.63, 3.8) is 0 Å². The minimum absolute atomic E-state index is 0.0764. The summed E-state index contributed by atoms with van der Waals surface area (Å²) >= 11 is 5.82. The molecule has 2 amide bonds. The number of ether oxygens (including phenoxy) is 1. The van der Waals surface area contributed by atoms with Crippen molar-refractivity contribution in [3.05, 3.63) is 76.8 Å². The van der Waals surface area contributed by atoms with Crippen LogP contribution in [0.15, 0.2) is 60.7 Å². The summed E-state index contributed by atoms with van der Waals surface area (Å²) < 4.78 is 5.21. The van der Waals surface area contributed by atoms with Gasteiger partial charge in [-0.05, 0) is 54.7 Å². The number of hydrogen-bond donors (Lipinski definition) is 0. The van der Waals surface area contributed by atoms with Crippen LogP contribution in [-0.2, 0) is 14.3 Å². The number of carbonyl (C=O) groups is 4. The van der Waals surface area contributed by atoms with E-state index >= 15 is 0 Å². The third-order valence-corrected chi connectivity index (χ3v) is 6.59. The highest BCUT2D eigenvalue weighted by molar-refractivity contribution is 6.30. The Labute approximate surface area is 183 Å². The number of rotatable bonds is 5. The molecule has 2 aromatic carbocycles. The quantitative estimate of drug-likeness (QED) is 0.309. The van der Waals surface area contributed by atoms with Gasteiger partial charge in [-0.15, -0.1) is 0 Å². The molecule has 0 aromatic heterocycles. The number of para-hydroxylation sites is 1. The predicted octanol–water partition coefficient (Wildman–Crippen LogP) is 3.69. The number of imide groups is 1. The lowest BCUT2D eigenvalue weighted by atomic mass is 9.85. The Bertz CT molecular complexity index is 1110. The van der Waals surface area contributed by atoms with Crippen LogP contribution in [0, 0.1) is 23.7 Å². The summed E-state index contributed by atoms with van der Waals surface area (Å²) in [5, 5.41) is 0.496. The molecule has 3 aliphatic rings. The van der Waals surface area contributed by atoms with Gasteiger partial charge in [0.15, 0.2) is 12.4 Å². The molecule has 2 aliphatic carbocycles. The number of fused-ring (bicyclic) bond motifs is 5. The van der Waals surface area contributed by atoms with E-state index in [0.717, 1.165) is 11.3 Å². The Morgan fingerprint density at radius 3 is 2.19 bits per heavy atom. The number of allylic oxidation sites excluding steroid dienone is 2. The lowest BCUT2D eigenvalue weighted by molar-refractivity contribution is -0.123. The second-order valence-electron chi connectivity index (χ2n) is 8.04. The van der Waals surface area contributed by atoms with E-state index in [1.54, 1.807) is 42.5 Å². The van der Waals surface area contributed by atoms with Crippen LogP contribution in [0.1, 0.15) is 27.1 Å². The second kappa shape index (κ2) is 7.46. The van der Waals surface area contributed by atoms with Gasteiger partial charge >= 0.3 is 5.97 Å². The summed E-state index contributed by atoms with van der Waals surface area (Å²) in [6, 6.07) is 12.6. The molecular weight excluding hydrogens is 418 g/mol. The van der Waals surface area contributed by atoms with Crippen molar-refractivity contribution in [1.29, 1.82) is 0 Å². The SMILES string of the molecule is O=C(COC(=O)c1ccccc1N1C(=O)[C@@H]2[C@H](C1=O)[C@@H]1C=C[C@H]2C1)c1ccc(Cl)cc1. The highest BCUT2D eigenvalue weighted by Crippen LogP contribution is 2.53. The smallest absolute Gasteiger partial charge is 0.340 e. The van der Waals surface area contributed by atoms with Gasteiger partial charge in [-0.25, -0.2) is 9.69 Å². The highest BCUT2D eigenvalue weighted by Gasteiger charge is 2.59. The van der Waals surface area contributed by atoms with E-state index in [1.165, 1.54) is 6.07 Å². The number of carbonyl (C=O) groups excluding carboxylic acids is 4. The summed E-state index contributed by atoms with van der Waals surface area (Å²) in [7, 11) is 0. The summed E-state index contributed by atoms with van der Waals surface area (Å²) in [6.07, 6.45) is 4.86. The zero-order valence-electron chi connectivity index (χ0n) is 16.4. The van der Waals surface area contributed by atoms with Crippen LogP contribution in [0.2, 0.25) is 5.02 Å². The van der Waals surface area contributed by atoms with Gasteiger partial charge in [0.25, 0.3) is 0 Å². The van der Waals surface area contributed by atoms with Crippen molar-refractivity contribution in [2.45, 2.75) is 6.42 Å². The first kappa shape index (κ1) is 19.7. The van der Waals surface area contributed by atoms with E-state index in [2.05, 4.69) is 0 Å². The minimum Gasteiger partial charge on any atom is -0.454 e. The number of Topliss-reactive ketones (excluding diaryl/α,β-unsaturated/α-hetero) is 1. The minimum atomic E-state index is -0.767. The van der Waals surface area contributed by atoms with Gasteiger partial charge in [-0.1, -0.05) is 35.9 Å². The van der Waals surface area contributed by atoms with Crippen LogP contribution in [0.3, 0.4) is 0 Å². The lowest BCUT2D eigenvalue weighted by Crippen LogP contribution is -2.34. The van der Waals surface area contributed by atoms with E-state index in [-0.39, 0.29) is 52.5 Å². The van der Waals surface area contributed by atoms with Gasteiger partial charge in [0.2, 0.25) is 11.8 Å². The van der Waals surface area contributed by atoms with Crippen molar-refractivity contribution < 1.29 is 23.9 Å². The monoisotopic (exact) mass is 435 g/mol. The van der Waals surface area contributed by atoms with Gasteiger partial charge in [-0.3, -0.25) is 14.4 Å². The Kier molecular flexibility index (Phi) is 4.74. The Hall–Kier alpha value is -3.25. The molecule has 1 saturated carbocycles. The molecule has 1 saturated heterocycles. The van der Waals surface area contributed by atoms with E-state index < -0.39 is 12.6 Å². The average molecular weight is 436 g/mol. The molecule has 1 aliphatic heterocycles. The van der Waals surface area contributed by atoms with Crippen molar-refractivity contribution in [3.8, 4) is 0 Å². The first-order valence-corrected chi connectivity index (χ1v) is 10.4. The third kappa shape index (κ3) is 3.18. The maximum absolute atomic E-state index is 13.1. The van der Waals surface area contributed by atoms with Crippen LogP contribution in [0.5, 0.6) is 0 Å². The second-order valence-corrected chi connectivity index (χ2v) is 8.47. The summed E-state index contributed by atoms with van der Waals surface area (Å²) in [4.78, 5) is 52.4. The third-order valence-electron chi connectivity index (χ3n) is 6.34. The first-order valence-electron chi connectivity index (χ1n) is 10.1. The normalized spacial score (nSPS) is 25.8. The van der Waals surface area contributed by atoms with E-state index in [9.17, 15) is 19.2 Å². The number of amides is 2. The van der Waals surface area contributed by atoms with Crippen LogP contribution in [-0.4, -0.2) is 30.2 Å². The van der Waals surface area contributed by atoms with Gasteiger partial charge < -0.3 is 4.74 Å². The highest BCUT2D eigenvalue weighted by atomic mass is 35.5. The molecule has 2 bridgehead atoms. The molecule has 0 spiro atoms. The fourth-order valence-corrected chi connectivity index (χ4v) is 5.03. The van der Waals surface area contributed by atoms with E-state index in [1.807, 2.05) is 12.2 Å². The Morgan fingerprint density at radius 2 is 1.55 bits per heavy atom. The molecule has 1 heterocycles. The fraction of sp³-hybridized carbons (Fsp3) is 0.250. The molecule has 156 valence electrons. The first-order chi connectivity index (χ1) is 15.0. The van der Waals surface area contributed by atoms with Crippen LogP contribution in [0.25, 0.3) is 0 Å². The molecule has 4 atom stereocenters. The van der Waals surface area contributed by atoms with Crippen LogP contribution >= 0.6 is 11.6 Å². The molecular formula is C24H18ClNO5. The van der Waals surface area contributed by atoms with Crippen molar-refractivity contribution in [2.24, 2.45) is 23.7 Å². The number of anilines is 1. The molecule has 5 rings (SSSR count). The predicted molar refractivity (Wildman–Crippen MR) is 113 cm³/mol. The van der Waals surface area contributed by atoms with Gasteiger partial charge in [-0.2, -0.15) is 0 Å². The molecule has 31 heavy (non-hydrogen) atoms. The maximum atomic E-state index is 13.1. The van der Waals surface area contributed by atoms with E-state index in [0.29, 0.717) is 10.6 Å². The molecule has 7 heteroatoms. The number of hydrogen-bond acceptors (Lipinski definition) is 5. The lowest BCUT2D eigenvalue weighted by Gasteiger charge is -2.19. The molecule has 2 fully saturated rings. The van der Waals surface area contributed by atoms with Crippen molar-refractivity contribution >= 4 is 40.9 Å². The van der Waals surface area contributed by atoms with Crippen molar-refractivity contribution in [1.82, 2.24) is 0 Å². The molecule has 0 unspecified atom stereocenters. The number of esters is 1. The zero-order valence-corrected chi connectivity index (χ0v) is 17.1. The number of nitrogens with zero attached hydrogens (tertiary/aromatic N) is 1. The average Bonchev–Trinajstić information content (AvgIpc) is 3.46. The zero-order chi connectivity index (χ0) is 21.7. The van der Waals surface area contributed by atoms with Gasteiger partial charge in [0.1, 0.15) is 0 Å². The van der Waals surface area contributed by atoms with Gasteiger partial charge in [0, 0.05) is 10.6 Å². The van der Waals surface area contributed by atoms with Gasteiger partial charge in [0.05, 0.1) is 23.1 Å². The standard InChI is InChI=1S/C24H18ClNO5/c25-16-9-7-13(8-10-16)19(27)12-31-24(30)17-3-1-2-4-18(17)26-22(28)20-14-5-6-15(11-14)21(20)23(26)29/h1-10,14-15,20-21H,11-12H2/t14-,15+,20-,21+. The topological polar surface area (TPSA) is 80.8 Å². The van der Waals surface area contributed by atoms with E-state index in [4.69, 9.17) is 16.3 Å². The maximum Gasteiger partial charge on any atom is 0.340 e. The molecule has 0 radical (unpaired) electrons. The number of halogens is 1. The molecule has 6 nitrogen and oxygen atoms in total. The summed E-state index contributed by atoms with van der Waals surface area (Å²) in [5.41, 5.74) is 0.648. The fourth-order valence-electron chi connectivity index (χ4n) is 4.91. The Balaban J connectivity index is 1.35. The molecule has 0 N–H and O–H groups in total. The van der Waals surface area contributed by atoms with Crippen molar-refractivity contribution in [2.75, 3.05) is 11.5 Å². The van der Waals surface area contributed by atoms with Crippen LogP contribution in [0.4, 0.5) is 5.69 Å². The Morgan fingerprint density at radius 1 is 0.935 bits per heavy atom. The number of benzene rings is 2. The number of ketones is 1. The van der Waals surface area contributed by atoms with Crippen LogP contribution < -0.4 is 4.90 Å². The largest absolute Gasteiger partial charge is 0.454 e. The summed E-state index contributed by atoms with van der Waals surface area (Å²) in [5.74, 6) is -2.27. The molecule has 2 aromatic rings. The summed E-state index contributed by atoms with van der Waals surface area (Å²) in [6.45, 7) is -0.462.